The highest BCUT2D eigenvalue weighted by Gasteiger charge is 2.09. The minimum Gasteiger partial charge on any atom is -0.493 e. The van der Waals surface area contributed by atoms with Crippen molar-refractivity contribution in [2.75, 3.05) is 19.4 Å². The van der Waals surface area contributed by atoms with Gasteiger partial charge in [0, 0.05) is 31.7 Å². The summed E-state index contributed by atoms with van der Waals surface area (Å²) in [6, 6.07) is 10.9. The van der Waals surface area contributed by atoms with Crippen molar-refractivity contribution < 1.29 is 9.53 Å². The maximum Gasteiger partial charge on any atom is 0.226 e. The Labute approximate surface area is 124 Å². The van der Waals surface area contributed by atoms with Crippen molar-refractivity contribution in [1.29, 1.82) is 0 Å². The molecule has 0 spiro atoms. The van der Waals surface area contributed by atoms with E-state index in [9.17, 15) is 4.79 Å². The average Bonchev–Trinajstić information content (AvgIpc) is 2.50. The largest absolute Gasteiger partial charge is 0.493 e. The molecule has 0 atom stereocenters. The maximum absolute atomic E-state index is 12.0. The lowest BCUT2D eigenvalue weighted by Gasteiger charge is -2.17. The number of nitrogen functional groups attached to an aromatic ring is 1. The number of anilines is 1. The highest BCUT2D eigenvalue weighted by atomic mass is 16.5. The third kappa shape index (κ3) is 4.80. The lowest BCUT2D eigenvalue weighted by Crippen LogP contribution is -2.27. The van der Waals surface area contributed by atoms with Crippen LogP contribution >= 0.6 is 0 Å². The fourth-order valence-corrected chi connectivity index (χ4v) is 1.86. The summed E-state index contributed by atoms with van der Waals surface area (Å²) < 4.78 is 5.52. The van der Waals surface area contributed by atoms with Gasteiger partial charge in [-0.15, -0.1) is 0 Å². The van der Waals surface area contributed by atoms with Crippen LogP contribution in [0.25, 0.3) is 0 Å². The molecule has 0 radical (unpaired) electrons. The molecule has 1 aromatic carbocycles. The lowest BCUT2D eigenvalue weighted by molar-refractivity contribution is -0.130. The molecule has 0 saturated heterocycles. The second kappa shape index (κ2) is 7.28. The van der Waals surface area contributed by atoms with Gasteiger partial charge in [-0.2, -0.15) is 0 Å². The molecule has 0 bridgehead atoms. The zero-order valence-corrected chi connectivity index (χ0v) is 12.0. The smallest absolute Gasteiger partial charge is 0.226 e. The summed E-state index contributed by atoms with van der Waals surface area (Å²) >= 11 is 0. The molecule has 2 rings (SSSR count). The van der Waals surface area contributed by atoms with Gasteiger partial charge in [-0.25, -0.2) is 0 Å². The number of hydrogen-bond donors (Lipinski definition) is 1. The maximum atomic E-state index is 12.0. The van der Waals surface area contributed by atoms with E-state index in [2.05, 4.69) is 4.98 Å². The lowest BCUT2D eigenvalue weighted by atomic mass is 10.2. The first-order valence-electron chi connectivity index (χ1n) is 6.76. The van der Waals surface area contributed by atoms with E-state index in [4.69, 9.17) is 10.5 Å². The molecule has 2 N–H and O–H groups in total. The van der Waals surface area contributed by atoms with E-state index in [1.165, 1.54) is 0 Å². The topological polar surface area (TPSA) is 68.5 Å². The molecule has 0 saturated carbocycles. The number of amides is 1. The highest BCUT2D eigenvalue weighted by molar-refractivity contribution is 5.76. The van der Waals surface area contributed by atoms with Gasteiger partial charge in [0.15, 0.2) is 0 Å². The van der Waals surface area contributed by atoms with Crippen molar-refractivity contribution in [2.24, 2.45) is 0 Å². The fraction of sp³-hybridized carbons (Fsp3) is 0.250. The van der Waals surface area contributed by atoms with E-state index in [0.29, 0.717) is 31.0 Å². The number of nitrogens with zero attached hydrogens (tertiary/aromatic N) is 2. The molecule has 2 aromatic rings. The molecule has 21 heavy (non-hydrogen) atoms. The molecule has 1 heterocycles. The summed E-state index contributed by atoms with van der Waals surface area (Å²) in [5.74, 6) is 0.751. The van der Waals surface area contributed by atoms with Gasteiger partial charge in [0.1, 0.15) is 5.75 Å². The van der Waals surface area contributed by atoms with Crippen molar-refractivity contribution in [1.82, 2.24) is 9.88 Å². The van der Waals surface area contributed by atoms with Crippen molar-refractivity contribution in [3.63, 3.8) is 0 Å². The average molecular weight is 285 g/mol. The Bertz CT molecular complexity index is 570. The van der Waals surface area contributed by atoms with E-state index in [1.54, 1.807) is 48.6 Å². The summed E-state index contributed by atoms with van der Waals surface area (Å²) in [6.45, 7) is 0.897. The van der Waals surface area contributed by atoms with Crippen LogP contribution in [0.3, 0.4) is 0 Å². The van der Waals surface area contributed by atoms with Crippen LogP contribution in [0.15, 0.2) is 48.8 Å². The van der Waals surface area contributed by atoms with Gasteiger partial charge in [0.25, 0.3) is 0 Å². The van der Waals surface area contributed by atoms with E-state index < -0.39 is 0 Å². The van der Waals surface area contributed by atoms with Gasteiger partial charge in [-0.1, -0.05) is 6.07 Å². The van der Waals surface area contributed by atoms with E-state index in [0.717, 1.165) is 5.56 Å². The van der Waals surface area contributed by atoms with Gasteiger partial charge >= 0.3 is 0 Å². The second-order valence-electron chi connectivity index (χ2n) is 4.78. The number of pyridine rings is 1. The molecule has 0 unspecified atom stereocenters. The van der Waals surface area contributed by atoms with Crippen LogP contribution < -0.4 is 10.5 Å². The number of ether oxygens (including phenoxy) is 1. The first kappa shape index (κ1) is 14.8. The monoisotopic (exact) mass is 285 g/mol. The molecular formula is C16H19N3O2. The first-order chi connectivity index (χ1) is 10.1. The normalized spacial score (nSPS) is 10.1. The van der Waals surface area contributed by atoms with Crippen LogP contribution in [0.4, 0.5) is 5.69 Å². The number of carbonyl (C=O) groups excluding carboxylic acids is 1. The number of nitrogens with two attached hydrogens (primary N) is 1. The van der Waals surface area contributed by atoms with Crippen LogP contribution in [0.5, 0.6) is 5.75 Å². The number of rotatable bonds is 6. The molecule has 1 amide bonds. The minimum atomic E-state index is 0.0364. The first-order valence-corrected chi connectivity index (χ1v) is 6.76. The zero-order valence-electron chi connectivity index (χ0n) is 12.0. The summed E-state index contributed by atoms with van der Waals surface area (Å²) in [5.41, 5.74) is 7.29. The number of aromatic nitrogens is 1. The fourth-order valence-electron chi connectivity index (χ4n) is 1.86. The highest BCUT2D eigenvalue weighted by Crippen LogP contribution is 2.13. The number of hydrogen-bond acceptors (Lipinski definition) is 4. The quantitative estimate of drug-likeness (QED) is 0.825. The third-order valence-corrected chi connectivity index (χ3v) is 3.03. The van der Waals surface area contributed by atoms with Gasteiger partial charge in [-0.05, 0) is 35.9 Å². The summed E-state index contributed by atoms with van der Waals surface area (Å²) in [7, 11) is 1.78. The third-order valence-electron chi connectivity index (χ3n) is 3.03. The van der Waals surface area contributed by atoms with E-state index in [1.807, 2.05) is 12.1 Å². The van der Waals surface area contributed by atoms with Crippen molar-refractivity contribution in [3.05, 3.63) is 54.4 Å². The summed E-state index contributed by atoms with van der Waals surface area (Å²) in [6.07, 6.45) is 3.81. The van der Waals surface area contributed by atoms with Gasteiger partial charge in [0.2, 0.25) is 5.91 Å². The predicted molar refractivity (Wildman–Crippen MR) is 81.7 cm³/mol. The SMILES string of the molecule is CN(Cc1cccnc1)C(=O)CCOc1ccc(N)cc1. The zero-order chi connectivity index (χ0) is 15.1. The number of benzene rings is 1. The van der Waals surface area contributed by atoms with Gasteiger partial charge in [0.05, 0.1) is 13.0 Å². The summed E-state index contributed by atoms with van der Waals surface area (Å²) in [5, 5.41) is 0. The Morgan fingerprint density at radius 1 is 1.29 bits per heavy atom. The van der Waals surface area contributed by atoms with E-state index in [-0.39, 0.29) is 5.91 Å². The molecule has 110 valence electrons. The molecule has 0 aliphatic heterocycles. The Hall–Kier alpha value is -2.56. The predicted octanol–water partition coefficient (Wildman–Crippen LogP) is 2.09. The standard InChI is InChI=1S/C16H19N3O2/c1-19(12-13-3-2-9-18-11-13)16(20)8-10-21-15-6-4-14(17)5-7-15/h2-7,9,11H,8,10,12,17H2,1H3. The van der Waals surface area contributed by atoms with Crippen LogP contribution in [-0.2, 0) is 11.3 Å². The number of carbonyl (C=O) groups is 1. The Kier molecular flexibility index (Phi) is 5.15. The molecule has 0 aliphatic rings. The molecular weight excluding hydrogens is 266 g/mol. The molecule has 0 fully saturated rings. The molecule has 5 nitrogen and oxygen atoms in total. The van der Waals surface area contributed by atoms with Gasteiger partial charge < -0.3 is 15.4 Å². The van der Waals surface area contributed by atoms with E-state index >= 15 is 0 Å². The Morgan fingerprint density at radius 3 is 2.71 bits per heavy atom. The van der Waals surface area contributed by atoms with Crippen LogP contribution in [-0.4, -0.2) is 29.4 Å². The molecule has 0 aliphatic carbocycles. The van der Waals surface area contributed by atoms with Crippen molar-refractivity contribution >= 4 is 11.6 Å². The van der Waals surface area contributed by atoms with Crippen LogP contribution in [0, 0.1) is 0 Å². The molecule has 1 aromatic heterocycles. The van der Waals surface area contributed by atoms with Crippen molar-refractivity contribution in [2.45, 2.75) is 13.0 Å². The van der Waals surface area contributed by atoms with Crippen LogP contribution in [0.1, 0.15) is 12.0 Å². The Balaban J connectivity index is 1.75. The minimum absolute atomic E-state index is 0.0364. The van der Waals surface area contributed by atoms with Gasteiger partial charge in [-0.3, -0.25) is 9.78 Å². The molecule has 5 heteroatoms. The van der Waals surface area contributed by atoms with Crippen LogP contribution in [0.2, 0.25) is 0 Å². The Morgan fingerprint density at radius 2 is 2.05 bits per heavy atom. The summed E-state index contributed by atoms with van der Waals surface area (Å²) in [4.78, 5) is 17.7. The second-order valence-corrected chi connectivity index (χ2v) is 4.78. The van der Waals surface area contributed by atoms with Crippen molar-refractivity contribution in [3.8, 4) is 5.75 Å².